The number of thiazole rings is 1. The molecule has 3 N–H and O–H groups in total. The molecule has 0 aliphatic heterocycles. The molecule has 0 aliphatic rings. The van der Waals surface area contributed by atoms with Crippen LogP contribution in [0.4, 0.5) is 5.69 Å². The highest BCUT2D eigenvalue weighted by molar-refractivity contribution is 14.0. The largest absolute Gasteiger partial charge is 0.357 e. The molecule has 1 aromatic heterocycles. The molecule has 1 amide bonds. The van der Waals surface area contributed by atoms with Gasteiger partial charge in [-0.1, -0.05) is 12.0 Å². The fraction of sp³-hybridized carbons (Fsp3) is 0.316. The zero-order valence-electron chi connectivity index (χ0n) is 15.6. The van der Waals surface area contributed by atoms with E-state index in [0.717, 1.165) is 16.3 Å². The van der Waals surface area contributed by atoms with Crippen LogP contribution in [0.5, 0.6) is 0 Å². The van der Waals surface area contributed by atoms with Crippen molar-refractivity contribution in [3.63, 3.8) is 0 Å². The number of hydrogen-bond acceptors (Lipinski definition) is 4. The Labute approximate surface area is 181 Å². The number of halogens is 1. The monoisotopic (exact) mass is 497 g/mol. The number of nitrogens with one attached hydrogen (secondary N) is 3. The quantitative estimate of drug-likeness (QED) is 0.248. The summed E-state index contributed by atoms with van der Waals surface area (Å²) < 4.78 is 0. The summed E-state index contributed by atoms with van der Waals surface area (Å²) in [7, 11) is 0. The van der Waals surface area contributed by atoms with E-state index < -0.39 is 0 Å². The molecular weight excluding hydrogens is 473 g/mol. The lowest BCUT2D eigenvalue weighted by molar-refractivity contribution is -0.114. The highest BCUT2D eigenvalue weighted by Crippen LogP contribution is 2.15. The number of amides is 1. The fourth-order valence-corrected chi connectivity index (χ4v) is 3.03. The second kappa shape index (κ2) is 11.6. The van der Waals surface area contributed by atoms with Gasteiger partial charge in [0.05, 0.1) is 12.2 Å². The van der Waals surface area contributed by atoms with Crippen LogP contribution in [-0.4, -0.2) is 29.9 Å². The van der Waals surface area contributed by atoms with Crippen molar-refractivity contribution >= 4 is 52.9 Å². The molecule has 0 spiro atoms. The third-order valence-corrected chi connectivity index (χ3v) is 4.59. The van der Waals surface area contributed by atoms with E-state index in [-0.39, 0.29) is 36.4 Å². The number of terminal acetylenes is 1. The van der Waals surface area contributed by atoms with Gasteiger partial charge in [0.1, 0.15) is 11.6 Å². The number of aliphatic imine (C=N–C) groups is 1. The molecule has 1 aromatic carbocycles. The number of anilines is 1. The molecular formula is C19H24IN5OS. The van der Waals surface area contributed by atoms with Gasteiger partial charge in [-0.25, -0.2) is 9.98 Å². The molecule has 0 bridgehead atoms. The van der Waals surface area contributed by atoms with E-state index >= 15 is 0 Å². The molecule has 8 heteroatoms. The number of benzene rings is 1. The molecule has 0 unspecified atom stereocenters. The third kappa shape index (κ3) is 7.56. The Morgan fingerprint density at radius 3 is 2.74 bits per heavy atom. The Kier molecular flexibility index (Phi) is 9.82. The lowest BCUT2D eigenvalue weighted by atomic mass is 10.2. The minimum absolute atomic E-state index is 0. The van der Waals surface area contributed by atoms with Gasteiger partial charge in [-0.2, -0.15) is 0 Å². The van der Waals surface area contributed by atoms with E-state index in [9.17, 15) is 4.79 Å². The number of rotatable bonds is 6. The molecule has 0 saturated carbocycles. The van der Waals surface area contributed by atoms with Crippen molar-refractivity contribution in [1.29, 1.82) is 0 Å². The summed E-state index contributed by atoms with van der Waals surface area (Å²) in [5.74, 6) is 2.91. The number of carbonyl (C=O) groups excluding carboxylic acids is 1. The first-order valence-corrected chi connectivity index (χ1v) is 9.15. The molecule has 27 heavy (non-hydrogen) atoms. The maximum atomic E-state index is 12.1. The number of aromatic nitrogens is 1. The van der Waals surface area contributed by atoms with Crippen LogP contribution < -0.4 is 16.0 Å². The Balaban J connectivity index is 0.00000364. The number of aryl methyl sites for hydroxylation is 2. The van der Waals surface area contributed by atoms with Gasteiger partial charge in [-0.3, -0.25) is 4.79 Å². The van der Waals surface area contributed by atoms with Crippen LogP contribution >= 0.6 is 35.3 Å². The predicted molar refractivity (Wildman–Crippen MR) is 123 cm³/mol. The summed E-state index contributed by atoms with van der Waals surface area (Å²) in [5, 5.41) is 10.1. The predicted octanol–water partition coefficient (Wildman–Crippen LogP) is 3.05. The van der Waals surface area contributed by atoms with Crippen LogP contribution in [0.1, 0.15) is 28.1 Å². The first kappa shape index (κ1) is 22.9. The van der Waals surface area contributed by atoms with E-state index in [1.54, 1.807) is 29.5 Å². The van der Waals surface area contributed by atoms with Gasteiger partial charge in [0.15, 0.2) is 5.96 Å². The van der Waals surface area contributed by atoms with Crippen LogP contribution in [0.25, 0.3) is 0 Å². The maximum absolute atomic E-state index is 12.1. The van der Waals surface area contributed by atoms with E-state index in [0.29, 0.717) is 24.7 Å². The Bertz CT molecular complexity index is 821. The highest BCUT2D eigenvalue weighted by Gasteiger charge is 2.06. The van der Waals surface area contributed by atoms with Crippen molar-refractivity contribution in [2.24, 2.45) is 4.99 Å². The zero-order chi connectivity index (χ0) is 18.9. The lowest BCUT2D eigenvalue weighted by Crippen LogP contribution is -2.37. The molecule has 6 nitrogen and oxygen atoms in total. The number of hydrogen-bond donors (Lipinski definition) is 3. The SMILES string of the molecule is C#Cc1cccc(NC(=O)CN=C(NCC)NCc2nc(C)c(C)s2)c1.I. The van der Waals surface area contributed by atoms with Crippen molar-refractivity contribution in [2.45, 2.75) is 27.3 Å². The average molecular weight is 497 g/mol. The number of nitrogens with zero attached hydrogens (tertiary/aromatic N) is 2. The lowest BCUT2D eigenvalue weighted by Gasteiger charge is -2.10. The Morgan fingerprint density at radius 1 is 1.33 bits per heavy atom. The Morgan fingerprint density at radius 2 is 2.11 bits per heavy atom. The van der Waals surface area contributed by atoms with Crippen LogP contribution in [0.3, 0.4) is 0 Å². The molecule has 0 radical (unpaired) electrons. The van der Waals surface area contributed by atoms with E-state index in [4.69, 9.17) is 6.42 Å². The first-order chi connectivity index (χ1) is 12.5. The van der Waals surface area contributed by atoms with Gasteiger partial charge in [0, 0.05) is 22.7 Å². The highest BCUT2D eigenvalue weighted by atomic mass is 127. The van der Waals surface area contributed by atoms with Crippen LogP contribution in [0.15, 0.2) is 29.3 Å². The van der Waals surface area contributed by atoms with Crippen LogP contribution in [-0.2, 0) is 11.3 Å². The number of guanidine groups is 1. The Hall–Kier alpha value is -2.12. The molecule has 0 atom stereocenters. The summed E-state index contributed by atoms with van der Waals surface area (Å²) >= 11 is 1.65. The molecule has 1 heterocycles. The average Bonchev–Trinajstić information content (AvgIpc) is 2.95. The molecule has 2 rings (SSSR count). The molecule has 0 saturated heterocycles. The van der Waals surface area contributed by atoms with E-state index in [1.165, 1.54) is 4.88 Å². The van der Waals surface area contributed by atoms with Crippen molar-refractivity contribution < 1.29 is 4.79 Å². The summed E-state index contributed by atoms with van der Waals surface area (Å²) in [6.07, 6.45) is 5.37. The summed E-state index contributed by atoms with van der Waals surface area (Å²) in [4.78, 5) is 22.1. The van der Waals surface area contributed by atoms with Gasteiger partial charge in [0.25, 0.3) is 0 Å². The van der Waals surface area contributed by atoms with Gasteiger partial charge in [0.2, 0.25) is 5.91 Å². The molecule has 2 aromatic rings. The van der Waals surface area contributed by atoms with E-state index in [1.807, 2.05) is 19.9 Å². The van der Waals surface area contributed by atoms with Crippen LogP contribution in [0.2, 0.25) is 0 Å². The topological polar surface area (TPSA) is 78.4 Å². The molecule has 0 fully saturated rings. The summed E-state index contributed by atoms with van der Waals surface area (Å²) in [5.41, 5.74) is 2.42. The van der Waals surface area contributed by atoms with Gasteiger partial charge in [-0.05, 0) is 39.0 Å². The van der Waals surface area contributed by atoms with Crippen molar-refractivity contribution in [1.82, 2.24) is 15.6 Å². The maximum Gasteiger partial charge on any atom is 0.246 e. The number of carbonyl (C=O) groups is 1. The van der Waals surface area contributed by atoms with Crippen molar-refractivity contribution in [3.05, 3.63) is 45.4 Å². The normalized spacial score (nSPS) is 10.5. The van der Waals surface area contributed by atoms with E-state index in [2.05, 4.69) is 38.8 Å². The minimum atomic E-state index is -0.211. The minimum Gasteiger partial charge on any atom is -0.357 e. The standard InChI is InChI=1S/C19H23N5OS.HI/c1-5-15-8-7-9-16(10-15)24-17(25)11-21-19(20-6-2)22-12-18-23-13(3)14(4)26-18;/h1,7-10H,6,11-12H2,2-4H3,(H,24,25)(H2,20,21,22);1H. The first-order valence-electron chi connectivity index (χ1n) is 8.33. The van der Waals surface area contributed by atoms with Crippen molar-refractivity contribution in [2.75, 3.05) is 18.4 Å². The fourth-order valence-electron chi connectivity index (χ4n) is 2.15. The van der Waals surface area contributed by atoms with Gasteiger partial charge in [-0.15, -0.1) is 41.7 Å². The van der Waals surface area contributed by atoms with Crippen molar-refractivity contribution in [3.8, 4) is 12.3 Å². The zero-order valence-corrected chi connectivity index (χ0v) is 18.8. The van der Waals surface area contributed by atoms with Gasteiger partial charge < -0.3 is 16.0 Å². The molecule has 0 aliphatic carbocycles. The smallest absolute Gasteiger partial charge is 0.246 e. The third-order valence-electron chi connectivity index (χ3n) is 3.52. The van der Waals surface area contributed by atoms with Gasteiger partial charge >= 0.3 is 0 Å². The summed E-state index contributed by atoms with van der Waals surface area (Å²) in [6.45, 7) is 7.29. The summed E-state index contributed by atoms with van der Waals surface area (Å²) in [6, 6.07) is 7.15. The molecule has 144 valence electrons. The van der Waals surface area contributed by atoms with Crippen LogP contribution in [0, 0.1) is 26.2 Å². The second-order valence-corrected chi connectivity index (χ2v) is 6.86. The second-order valence-electron chi connectivity index (χ2n) is 5.57.